The third-order valence-electron chi connectivity index (χ3n) is 1.24. The fourth-order valence-corrected chi connectivity index (χ4v) is 0.778. The zero-order valence-corrected chi connectivity index (χ0v) is 9.42. The molecule has 14 heavy (non-hydrogen) atoms. The van der Waals surface area contributed by atoms with Crippen LogP contribution in [0.25, 0.3) is 0 Å². The first-order chi connectivity index (χ1) is 6.45. The van der Waals surface area contributed by atoms with Gasteiger partial charge in [-0.2, -0.15) is 0 Å². The van der Waals surface area contributed by atoms with Crippen molar-refractivity contribution in [3.05, 3.63) is 11.6 Å². The van der Waals surface area contributed by atoms with Crippen LogP contribution in [-0.4, -0.2) is 25.1 Å². The monoisotopic (exact) mass is 198 g/mol. The van der Waals surface area contributed by atoms with Crippen molar-refractivity contribution in [2.45, 2.75) is 33.8 Å². The summed E-state index contributed by atoms with van der Waals surface area (Å²) in [5.41, 5.74) is 1.07. The molecule has 0 aromatic heterocycles. The van der Waals surface area contributed by atoms with Crippen LogP contribution >= 0.6 is 0 Å². The van der Waals surface area contributed by atoms with Gasteiger partial charge in [0.15, 0.2) is 0 Å². The molecule has 0 radical (unpaired) electrons. The van der Waals surface area contributed by atoms with Gasteiger partial charge in [0.2, 0.25) is 0 Å². The molecule has 80 valence electrons. The van der Waals surface area contributed by atoms with Gasteiger partial charge in [-0.1, -0.05) is 5.57 Å². The normalized spacial score (nSPS) is 11.1. The number of allylic oxidation sites excluding steroid dienone is 1. The molecule has 0 aliphatic heterocycles. The first-order valence-electron chi connectivity index (χ1n) is 4.55. The molecule has 0 aliphatic rings. The fourth-order valence-electron chi connectivity index (χ4n) is 0.778. The molecule has 4 nitrogen and oxygen atoms in total. The highest BCUT2D eigenvalue weighted by molar-refractivity contribution is 6.02. The lowest BCUT2D eigenvalue weighted by Gasteiger charge is -2.09. The molecule has 0 unspecified atom stereocenters. The second-order valence-corrected chi connectivity index (χ2v) is 3.41. The Kier molecular flexibility index (Phi) is 5.60. The van der Waals surface area contributed by atoms with Crippen LogP contribution < -0.4 is 5.32 Å². The van der Waals surface area contributed by atoms with Crippen LogP contribution in [0.3, 0.4) is 0 Å². The van der Waals surface area contributed by atoms with E-state index in [9.17, 15) is 4.79 Å². The van der Waals surface area contributed by atoms with E-state index >= 15 is 0 Å². The van der Waals surface area contributed by atoms with E-state index in [4.69, 9.17) is 4.74 Å². The molecule has 0 bridgehead atoms. The Hall–Kier alpha value is -1.32. The fraction of sp³-hybridized carbons (Fsp3) is 0.600. The predicted octanol–water partition coefficient (Wildman–Crippen LogP) is 2.12. The molecule has 0 rings (SSSR count). The second-order valence-electron chi connectivity index (χ2n) is 3.41. The number of hydrogen-bond donors (Lipinski definition) is 1. The molecule has 0 aliphatic carbocycles. The van der Waals surface area contributed by atoms with E-state index in [0.717, 1.165) is 5.57 Å². The maximum Gasteiger partial charge on any atom is 0.413 e. The first kappa shape index (κ1) is 12.7. The zero-order valence-electron chi connectivity index (χ0n) is 9.42. The molecule has 0 heterocycles. The number of carbonyl (C=O) groups excluding carboxylic acids is 1. The van der Waals surface area contributed by atoms with Gasteiger partial charge in [0.25, 0.3) is 0 Å². The minimum absolute atomic E-state index is 0.125. The number of alkyl carbamates (subject to hydrolysis) is 1. The number of carbonyl (C=O) groups is 1. The van der Waals surface area contributed by atoms with Crippen molar-refractivity contribution < 1.29 is 9.53 Å². The van der Waals surface area contributed by atoms with Crippen LogP contribution in [0.1, 0.15) is 27.7 Å². The highest BCUT2D eigenvalue weighted by Gasteiger charge is 2.05. The Morgan fingerprint density at radius 2 is 2.00 bits per heavy atom. The lowest BCUT2D eigenvalue weighted by molar-refractivity contribution is 0.120. The average molecular weight is 198 g/mol. The number of hydrogen-bond acceptors (Lipinski definition) is 3. The van der Waals surface area contributed by atoms with Crippen LogP contribution in [0.15, 0.2) is 16.6 Å². The Labute approximate surface area is 85.1 Å². The van der Waals surface area contributed by atoms with Crippen molar-refractivity contribution in [1.29, 1.82) is 0 Å². The highest BCUT2D eigenvalue weighted by atomic mass is 16.6. The summed E-state index contributed by atoms with van der Waals surface area (Å²) in [5, 5.41) is 2.54. The van der Waals surface area contributed by atoms with Crippen molar-refractivity contribution in [3.63, 3.8) is 0 Å². The smallest absolute Gasteiger partial charge is 0.413 e. The molecule has 4 heteroatoms. The zero-order chi connectivity index (χ0) is 11.1. The topological polar surface area (TPSA) is 50.7 Å². The summed E-state index contributed by atoms with van der Waals surface area (Å²) in [4.78, 5) is 15.1. The first-order valence-corrected chi connectivity index (χ1v) is 4.55. The number of ether oxygens (including phenoxy) is 1. The molecule has 0 atom stereocenters. The van der Waals surface area contributed by atoms with Gasteiger partial charge in [-0.25, -0.2) is 4.79 Å². The predicted molar refractivity (Wildman–Crippen MR) is 57.5 cm³/mol. The molecule has 0 saturated carbocycles. The molecule has 0 aromatic carbocycles. The van der Waals surface area contributed by atoms with Crippen LogP contribution in [0.2, 0.25) is 0 Å². The summed E-state index contributed by atoms with van der Waals surface area (Å²) >= 11 is 0. The Morgan fingerprint density at radius 1 is 1.43 bits per heavy atom. The third-order valence-corrected chi connectivity index (χ3v) is 1.24. The summed E-state index contributed by atoms with van der Waals surface area (Å²) in [6.45, 7) is 7.45. The van der Waals surface area contributed by atoms with Gasteiger partial charge in [0.05, 0.1) is 6.10 Å². The Bertz CT molecular complexity index is 251. The van der Waals surface area contributed by atoms with Crippen LogP contribution in [0.5, 0.6) is 0 Å². The van der Waals surface area contributed by atoms with Crippen molar-refractivity contribution in [2.75, 3.05) is 7.05 Å². The van der Waals surface area contributed by atoms with Crippen LogP contribution in [0.4, 0.5) is 4.79 Å². The summed E-state index contributed by atoms with van der Waals surface area (Å²) in [5.74, 6) is 0.510. The quantitative estimate of drug-likeness (QED) is 0.545. The largest absolute Gasteiger partial charge is 0.447 e. The lowest BCUT2D eigenvalue weighted by atomic mass is 10.3. The summed E-state index contributed by atoms with van der Waals surface area (Å²) in [6.07, 6.45) is 1.18. The van der Waals surface area contributed by atoms with Gasteiger partial charge in [0.1, 0.15) is 5.84 Å². The average Bonchev–Trinajstić information content (AvgIpc) is 2.00. The lowest BCUT2D eigenvalue weighted by Crippen LogP contribution is -2.31. The number of nitrogens with zero attached hydrogens (tertiary/aromatic N) is 1. The van der Waals surface area contributed by atoms with Gasteiger partial charge < -0.3 is 4.74 Å². The van der Waals surface area contributed by atoms with E-state index in [1.54, 1.807) is 27.0 Å². The molecule has 1 amide bonds. The maximum absolute atomic E-state index is 11.2. The summed E-state index contributed by atoms with van der Waals surface area (Å²) in [7, 11) is 1.62. The SMILES string of the molecule is CN=C(C=C(C)C)NC(=O)OC(C)C. The van der Waals surface area contributed by atoms with E-state index in [-0.39, 0.29) is 6.10 Å². The Morgan fingerprint density at radius 3 is 2.36 bits per heavy atom. The summed E-state index contributed by atoms with van der Waals surface area (Å²) < 4.78 is 4.90. The summed E-state index contributed by atoms with van der Waals surface area (Å²) in [6, 6.07) is 0. The number of amidine groups is 1. The second kappa shape index (κ2) is 6.18. The molecule has 0 fully saturated rings. The molecule has 0 aromatic rings. The number of aliphatic imine (C=N–C) groups is 1. The number of rotatable bonds is 2. The minimum Gasteiger partial charge on any atom is -0.447 e. The van der Waals surface area contributed by atoms with Crippen molar-refractivity contribution in [1.82, 2.24) is 5.32 Å². The third kappa shape index (κ3) is 6.22. The van der Waals surface area contributed by atoms with Crippen molar-refractivity contribution >= 4 is 11.9 Å². The van der Waals surface area contributed by atoms with Gasteiger partial charge >= 0.3 is 6.09 Å². The van der Waals surface area contributed by atoms with Gasteiger partial charge in [0, 0.05) is 7.05 Å². The van der Waals surface area contributed by atoms with Gasteiger partial charge in [-0.05, 0) is 33.8 Å². The molecule has 0 spiro atoms. The molecule has 1 N–H and O–H groups in total. The number of nitrogens with one attached hydrogen (secondary N) is 1. The van der Waals surface area contributed by atoms with Crippen molar-refractivity contribution in [3.8, 4) is 0 Å². The van der Waals surface area contributed by atoms with E-state index in [2.05, 4.69) is 10.3 Å². The molecule has 0 saturated heterocycles. The maximum atomic E-state index is 11.2. The van der Waals surface area contributed by atoms with E-state index in [0.29, 0.717) is 5.84 Å². The van der Waals surface area contributed by atoms with Crippen molar-refractivity contribution in [2.24, 2.45) is 4.99 Å². The molecular formula is C10H18N2O2. The molecular weight excluding hydrogens is 180 g/mol. The van der Waals surface area contributed by atoms with E-state index in [1.807, 2.05) is 13.8 Å². The van der Waals surface area contributed by atoms with Gasteiger partial charge in [-0.3, -0.25) is 10.3 Å². The standard InChI is InChI=1S/C10H18N2O2/c1-7(2)6-9(11-5)12-10(13)14-8(3)4/h6,8H,1-5H3,(H,11,12,13). The highest BCUT2D eigenvalue weighted by Crippen LogP contribution is 1.92. The van der Waals surface area contributed by atoms with E-state index < -0.39 is 6.09 Å². The van der Waals surface area contributed by atoms with Crippen LogP contribution in [-0.2, 0) is 4.74 Å². The van der Waals surface area contributed by atoms with Gasteiger partial charge in [-0.15, -0.1) is 0 Å². The van der Waals surface area contributed by atoms with E-state index in [1.165, 1.54) is 0 Å². The minimum atomic E-state index is -0.474. The Balaban J connectivity index is 4.21. The van der Waals surface area contributed by atoms with Crippen LogP contribution in [0, 0.1) is 0 Å². The number of amides is 1.